The van der Waals surface area contributed by atoms with Gasteiger partial charge in [-0.2, -0.15) is 0 Å². The third kappa shape index (κ3) is 3.86. The number of hydrogen-bond donors (Lipinski definition) is 2. The summed E-state index contributed by atoms with van der Waals surface area (Å²) < 4.78 is 5.49. The molecule has 0 aliphatic rings. The van der Waals surface area contributed by atoms with Gasteiger partial charge in [0, 0.05) is 18.5 Å². The van der Waals surface area contributed by atoms with Crippen molar-refractivity contribution in [3.05, 3.63) is 88.6 Å². The third-order valence-electron chi connectivity index (χ3n) is 3.28. The summed E-state index contributed by atoms with van der Waals surface area (Å²) in [5, 5.41) is 2.65. The fourth-order valence-corrected chi connectivity index (χ4v) is 2.07. The van der Waals surface area contributed by atoms with Crippen molar-refractivity contribution in [2.75, 3.05) is 5.32 Å². The summed E-state index contributed by atoms with van der Waals surface area (Å²) in [6, 6.07) is 14.1. The molecule has 0 spiro atoms. The predicted molar refractivity (Wildman–Crippen MR) is 90.0 cm³/mol. The lowest BCUT2D eigenvalue weighted by atomic mass is 10.2. The number of benzene rings is 1. The molecule has 6 heteroatoms. The predicted octanol–water partition coefficient (Wildman–Crippen LogP) is 2.60. The molecule has 0 saturated heterocycles. The van der Waals surface area contributed by atoms with Crippen LogP contribution in [0, 0.1) is 0 Å². The minimum atomic E-state index is -0.422. The number of pyridine rings is 2. The van der Waals surface area contributed by atoms with Gasteiger partial charge in [-0.05, 0) is 17.7 Å². The van der Waals surface area contributed by atoms with Crippen molar-refractivity contribution in [3.8, 4) is 5.75 Å². The molecule has 2 aromatic heterocycles. The number of carbonyl (C=O) groups excluding carboxylic acids is 1. The number of aromatic nitrogens is 2. The Morgan fingerprint density at radius 3 is 2.71 bits per heavy atom. The van der Waals surface area contributed by atoms with Crippen molar-refractivity contribution in [1.29, 1.82) is 0 Å². The van der Waals surface area contributed by atoms with E-state index < -0.39 is 5.91 Å². The van der Waals surface area contributed by atoms with Crippen molar-refractivity contribution in [1.82, 2.24) is 9.97 Å². The Bertz CT molecular complexity index is 877. The summed E-state index contributed by atoms with van der Waals surface area (Å²) in [7, 11) is 0. The van der Waals surface area contributed by atoms with E-state index in [1.165, 1.54) is 18.5 Å². The van der Waals surface area contributed by atoms with E-state index in [4.69, 9.17) is 4.74 Å². The summed E-state index contributed by atoms with van der Waals surface area (Å²) in [6.07, 6.45) is 4.52. The maximum absolute atomic E-state index is 12.1. The summed E-state index contributed by atoms with van der Waals surface area (Å²) in [6.45, 7) is 0.283. The van der Waals surface area contributed by atoms with Crippen molar-refractivity contribution >= 4 is 11.6 Å². The van der Waals surface area contributed by atoms with Gasteiger partial charge in [-0.3, -0.25) is 14.6 Å². The molecule has 0 aliphatic heterocycles. The highest BCUT2D eigenvalue weighted by atomic mass is 16.5. The normalized spacial score (nSPS) is 10.2. The highest BCUT2D eigenvalue weighted by Crippen LogP contribution is 2.09. The Morgan fingerprint density at radius 2 is 2.00 bits per heavy atom. The molecule has 120 valence electrons. The molecule has 0 aliphatic carbocycles. The first-order valence-electron chi connectivity index (χ1n) is 7.33. The van der Waals surface area contributed by atoms with Crippen LogP contribution in [0.1, 0.15) is 16.1 Å². The zero-order chi connectivity index (χ0) is 16.8. The molecule has 2 N–H and O–H groups in total. The maximum Gasteiger partial charge on any atom is 0.272 e. The molecular formula is C18H15N3O3. The van der Waals surface area contributed by atoms with Gasteiger partial charge in [-0.1, -0.05) is 30.3 Å². The number of hydrogen-bond acceptors (Lipinski definition) is 4. The molecule has 0 radical (unpaired) electrons. The molecule has 2 heterocycles. The van der Waals surface area contributed by atoms with Crippen molar-refractivity contribution in [2.24, 2.45) is 0 Å². The van der Waals surface area contributed by atoms with Crippen molar-refractivity contribution < 1.29 is 9.53 Å². The zero-order valence-electron chi connectivity index (χ0n) is 12.7. The van der Waals surface area contributed by atoms with Crippen molar-refractivity contribution in [2.45, 2.75) is 6.61 Å². The molecule has 3 rings (SSSR count). The first-order valence-corrected chi connectivity index (χ1v) is 7.33. The number of amides is 1. The average Bonchev–Trinajstić information content (AvgIpc) is 2.62. The zero-order valence-corrected chi connectivity index (χ0v) is 12.7. The topological polar surface area (TPSA) is 84.1 Å². The smallest absolute Gasteiger partial charge is 0.272 e. The van der Waals surface area contributed by atoms with E-state index in [1.54, 1.807) is 18.3 Å². The van der Waals surface area contributed by atoms with E-state index in [0.717, 1.165) is 5.56 Å². The standard InChI is InChI=1S/C18H15N3O3/c22-16-9-15(18(23)21-14-7-4-8-19-10-14)20-11-17(16)24-12-13-5-2-1-3-6-13/h1-11H,12H2,(H,20,22)(H,21,23). The molecule has 3 aromatic rings. The Kier molecular flexibility index (Phi) is 4.67. The second-order valence-corrected chi connectivity index (χ2v) is 5.05. The van der Waals surface area contributed by atoms with Gasteiger partial charge in [0.25, 0.3) is 5.91 Å². The van der Waals surface area contributed by atoms with Crippen LogP contribution in [-0.4, -0.2) is 15.9 Å². The molecule has 1 aromatic carbocycles. The lowest BCUT2D eigenvalue weighted by molar-refractivity contribution is 0.102. The van der Waals surface area contributed by atoms with Crippen LogP contribution in [0.15, 0.2) is 71.9 Å². The number of H-pyrrole nitrogens is 1. The van der Waals surface area contributed by atoms with Gasteiger partial charge in [0.15, 0.2) is 5.75 Å². The number of rotatable bonds is 5. The van der Waals surface area contributed by atoms with Crippen LogP contribution in [0.2, 0.25) is 0 Å². The molecule has 0 unspecified atom stereocenters. The van der Waals surface area contributed by atoms with E-state index >= 15 is 0 Å². The fraction of sp³-hybridized carbons (Fsp3) is 0.0556. The van der Waals surface area contributed by atoms with Crippen LogP contribution in [0.3, 0.4) is 0 Å². The van der Waals surface area contributed by atoms with Gasteiger partial charge < -0.3 is 15.0 Å². The number of nitrogens with zero attached hydrogens (tertiary/aromatic N) is 1. The quantitative estimate of drug-likeness (QED) is 0.756. The summed E-state index contributed by atoms with van der Waals surface area (Å²) in [4.78, 5) is 30.9. The third-order valence-corrected chi connectivity index (χ3v) is 3.28. The van der Waals surface area contributed by atoms with Crippen LogP contribution in [0.4, 0.5) is 5.69 Å². The lowest BCUT2D eigenvalue weighted by Gasteiger charge is -2.07. The Hall–Kier alpha value is -3.41. The minimum Gasteiger partial charge on any atom is -0.483 e. The second kappa shape index (κ2) is 7.23. The molecule has 0 fully saturated rings. The summed E-state index contributed by atoms with van der Waals surface area (Å²) >= 11 is 0. The molecule has 0 bridgehead atoms. The fourth-order valence-electron chi connectivity index (χ4n) is 2.07. The number of ether oxygens (including phenoxy) is 1. The summed E-state index contributed by atoms with van der Waals surface area (Å²) in [5.41, 5.74) is 1.29. The minimum absolute atomic E-state index is 0.149. The monoisotopic (exact) mass is 321 g/mol. The Labute approximate surface area is 138 Å². The van der Waals surface area contributed by atoms with Crippen molar-refractivity contribution in [3.63, 3.8) is 0 Å². The van der Waals surface area contributed by atoms with E-state index in [2.05, 4.69) is 15.3 Å². The summed E-state index contributed by atoms with van der Waals surface area (Å²) in [5.74, 6) is -0.258. The first kappa shape index (κ1) is 15.5. The van der Waals surface area contributed by atoms with E-state index in [-0.39, 0.29) is 23.5 Å². The number of aromatic amines is 1. The van der Waals surface area contributed by atoms with Crippen LogP contribution in [0.5, 0.6) is 5.75 Å². The van der Waals surface area contributed by atoms with Gasteiger partial charge in [0.1, 0.15) is 12.3 Å². The maximum atomic E-state index is 12.1. The van der Waals surface area contributed by atoms with Gasteiger partial charge in [0.05, 0.1) is 11.9 Å². The second-order valence-electron chi connectivity index (χ2n) is 5.05. The average molecular weight is 321 g/mol. The van der Waals surface area contributed by atoms with E-state index in [1.807, 2.05) is 30.3 Å². The van der Waals surface area contributed by atoms with Gasteiger partial charge in [-0.25, -0.2) is 0 Å². The van der Waals surface area contributed by atoms with Gasteiger partial charge in [-0.15, -0.1) is 0 Å². The SMILES string of the molecule is O=C(Nc1cccnc1)c1cc(=O)c(OCc2ccccc2)c[nH]1. The van der Waals surface area contributed by atoms with Gasteiger partial charge >= 0.3 is 0 Å². The number of carbonyl (C=O) groups is 1. The highest BCUT2D eigenvalue weighted by Gasteiger charge is 2.10. The first-order chi connectivity index (χ1) is 11.7. The van der Waals surface area contributed by atoms with E-state index in [9.17, 15) is 9.59 Å². The molecule has 6 nitrogen and oxygen atoms in total. The molecule has 24 heavy (non-hydrogen) atoms. The Balaban J connectivity index is 1.68. The lowest BCUT2D eigenvalue weighted by Crippen LogP contribution is -2.17. The molecule has 1 amide bonds. The highest BCUT2D eigenvalue weighted by molar-refractivity contribution is 6.02. The molecule has 0 atom stereocenters. The van der Waals surface area contributed by atoms with E-state index in [0.29, 0.717) is 5.69 Å². The number of nitrogens with one attached hydrogen (secondary N) is 2. The Morgan fingerprint density at radius 1 is 1.17 bits per heavy atom. The van der Waals surface area contributed by atoms with Crippen LogP contribution in [0.25, 0.3) is 0 Å². The molecule has 0 saturated carbocycles. The largest absolute Gasteiger partial charge is 0.483 e. The van der Waals surface area contributed by atoms with Crippen LogP contribution in [-0.2, 0) is 6.61 Å². The van der Waals surface area contributed by atoms with Gasteiger partial charge in [0.2, 0.25) is 5.43 Å². The number of anilines is 1. The molecular weight excluding hydrogens is 306 g/mol. The van der Waals surface area contributed by atoms with Crippen LogP contribution >= 0.6 is 0 Å². The van der Waals surface area contributed by atoms with Crippen LogP contribution < -0.4 is 15.5 Å².